The molecule has 0 saturated carbocycles. The van der Waals surface area contributed by atoms with Crippen LogP contribution in [0.25, 0.3) is 22.3 Å². The Bertz CT molecular complexity index is 1230. The van der Waals surface area contributed by atoms with Crippen LogP contribution in [-0.2, 0) is 0 Å². The van der Waals surface area contributed by atoms with Crippen molar-refractivity contribution in [2.75, 3.05) is 11.4 Å². The van der Waals surface area contributed by atoms with Crippen LogP contribution in [0.15, 0.2) is 97.1 Å². The van der Waals surface area contributed by atoms with Gasteiger partial charge in [0.15, 0.2) is 0 Å². The van der Waals surface area contributed by atoms with Crippen LogP contribution in [0.4, 0.5) is 11.4 Å². The molecule has 150 valence electrons. The Balaban J connectivity index is 1.72. The quantitative estimate of drug-likeness (QED) is 0.298. The van der Waals surface area contributed by atoms with Crippen molar-refractivity contribution >= 4 is 22.5 Å². The van der Waals surface area contributed by atoms with Gasteiger partial charge in [0.25, 0.3) is 0 Å². The molecule has 0 radical (unpaired) electrons. The number of hydrogen-bond acceptors (Lipinski definition) is 1. The summed E-state index contributed by atoms with van der Waals surface area (Å²) >= 11 is 0. The molecule has 1 nitrogen and oxygen atoms in total. The molecule has 0 fully saturated rings. The standard InChI is InChI=1S/C30H25N/c1-2-3-20-31-27-18-10-8-16-25(27)30(26-17-9-11-19-28(26)31)29-23-14-6-4-12-21(23)22-13-5-7-15-24(22)29/h4-19H,2-3,20H2,1H3. The Morgan fingerprint density at radius 1 is 0.484 bits per heavy atom. The van der Waals surface area contributed by atoms with Crippen molar-refractivity contribution in [3.05, 3.63) is 119 Å². The molecule has 4 aromatic rings. The molecule has 2 aliphatic rings. The van der Waals surface area contributed by atoms with Crippen molar-refractivity contribution in [3.63, 3.8) is 0 Å². The average Bonchev–Trinajstić information content (AvgIpc) is 3.16. The molecule has 0 N–H and O–H groups in total. The lowest BCUT2D eigenvalue weighted by Crippen LogP contribution is -2.24. The summed E-state index contributed by atoms with van der Waals surface area (Å²) in [4.78, 5) is 2.52. The molecule has 0 atom stereocenters. The zero-order valence-electron chi connectivity index (χ0n) is 17.8. The highest BCUT2D eigenvalue weighted by Gasteiger charge is 2.32. The predicted molar refractivity (Wildman–Crippen MR) is 132 cm³/mol. The first-order chi connectivity index (χ1) is 15.4. The minimum atomic E-state index is 1.04. The number of unbranched alkanes of at least 4 members (excludes halogenated alkanes) is 1. The van der Waals surface area contributed by atoms with Crippen LogP contribution in [0, 0.1) is 0 Å². The summed E-state index contributed by atoms with van der Waals surface area (Å²) in [5, 5.41) is 0. The fourth-order valence-electron chi connectivity index (χ4n) is 5.23. The predicted octanol–water partition coefficient (Wildman–Crippen LogP) is 7.93. The summed E-state index contributed by atoms with van der Waals surface area (Å²) < 4.78 is 0. The van der Waals surface area contributed by atoms with E-state index in [9.17, 15) is 0 Å². The lowest BCUT2D eigenvalue weighted by molar-refractivity contribution is 0.783. The molecule has 0 saturated heterocycles. The van der Waals surface area contributed by atoms with Gasteiger partial charge in [-0.25, -0.2) is 0 Å². The van der Waals surface area contributed by atoms with Gasteiger partial charge in [-0.1, -0.05) is 98.3 Å². The molecule has 0 unspecified atom stereocenters. The van der Waals surface area contributed by atoms with E-state index in [1.165, 1.54) is 68.7 Å². The fourth-order valence-corrected chi connectivity index (χ4v) is 5.23. The topological polar surface area (TPSA) is 3.24 Å². The van der Waals surface area contributed by atoms with Crippen LogP contribution < -0.4 is 4.90 Å². The Labute approximate surface area is 184 Å². The number of nitrogens with zero attached hydrogens (tertiary/aromatic N) is 1. The van der Waals surface area contributed by atoms with E-state index < -0.39 is 0 Å². The number of fused-ring (bicyclic) bond motifs is 5. The third kappa shape index (κ3) is 2.70. The molecule has 1 aliphatic heterocycles. The van der Waals surface area contributed by atoms with Gasteiger partial charge in [-0.2, -0.15) is 0 Å². The lowest BCUT2D eigenvalue weighted by atomic mass is 9.84. The van der Waals surface area contributed by atoms with E-state index >= 15 is 0 Å². The molecule has 0 spiro atoms. The van der Waals surface area contributed by atoms with E-state index in [4.69, 9.17) is 0 Å². The highest BCUT2D eigenvalue weighted by atomic mass is 15.1. The van der Waals surface area contributed by atoms with Gasteiger partial charge in [0, 0.05) is 34.6 Å². The summed E-state index contributed by atoms with van der Waals surface area (Å²) in [6.45, 7) is 3.31. The van der Waals surface area contributed by atoms with Gasteiger partial charge < -0.3 is 4.90 Å². The van der Waals surface area contributed by atoms with Crippen LogP contribution in [-0.4, -0.2) is 6.54 Å². The van der Waals surface area contributed by atoms with Crippen molar-refractivity contribution in [3.8, 4) is 11.1 Å². The second-order valence-electron chi connectivity index (χ2n) is 8.38. The molecule has 0 amide bonds. The number of para-hydroxylation sites is 2. The number of benzene rings is 4. The molecule has 1 heteroatoms. The molecule has 1 aliphatic carbocycles. The molecular formula is C30H25N. The van der Waals surface area contributed by atoms with Gasteiger partial charge in [0.05, 0.1) is 0 Å². The van der Waals surface area contributed by atoms with Gasteiger partial charge in [0.2, 0.25) is 0 Å². The zero-order valence-corrected chi connectivity index (χ0v) is 17.8. The fraction of sp³-hybridized carbons (Fsp3) is 0.133. The van der Waals surface area contributed by atoms with E-state index in [2.05, 4.69) is 109 Å². The normalized spacial score (nSPS) is 13.5. The summed E-state index contributed by atoms with van der Waals surface area (Å²) in [5.74, 6) is 0. The number of hydrogen-bond donors (Lipinski definition) is 0. The Morgan fingerprint density at radius 3 is 1.35 bits per heavy atom. The van der Waals surface area contributed by atoms with Crippen LogP contribution in [0.1, 0.15) is 42.0 Å². The second kappa shape index (κ2) is 7.28. The summed E-state index contributed by atoms with van der Waals surface area (Å²) in [7, 11) is 0. The van der Waals surface area contributed by atoms with Gasteiger partial charge in [0.1, 0.15) is 0 Å². The van der Waals surface area contributed by atoms with Crippen molar-refractivity contribution < 1.29 is 0 Å². The Hall–Kier alpha value is -3.58. The minimum Gasteiger partial charge on any atom is -0.340 e. The maximum atomic E-state index is 2.52. The van der Waals surface area contributed by atoms with E-state index in [1.54, 1.807) is 0 Å². The van der Waals surface area contributed by atoms with E-state index in [1.807, 2.05) is 0 Å². The molecule has 6 rings (SSSR count). The minimum absolute atomic E-state index is 1.04. The van der Waals surface area contributed by atoms with E-state index in [-0.39, 0.29) is 0 Å². The molecular weight excluding hydrogens is 374 g/mol. The maximum absolute atomic E-state index is 2.52. The van der Waals surface area contributed by atoms with Crippen molar-refractivity contribution in [2.24, 2.45) is 0 Å². The van der Waals surface area contributed by atoms with Crippen molar-refractivity contribution in [2.45, 2.75) is 19.8 Å². The zero-order chi connectivity index (χ0) is 20.8. The van der Waals surface area contributed by atoms with Crippen molar-refractivity contribution in [1.29, 1.82) is 0 Å². The Kier molecular flexibility index (Phi) is 4.28. The van der Waals surface area contributed by atoms with Crippen molar-refractivity contribution in [1.82, 2.24) is 0 Å². The maximum Gasteiger partial charge on any atom is 0.0491 e. The SMILES string of the molecule is CCCCN1c2ccccc2C(=C2c3ccccc3-c3ccccc32)c2ccccc21. The van der Waals surface area contributed by atoms with Crippen LogP contribution >= 0.6 is 0 Å². The molecule has 0 aromatic heterocycles. The summed E-state index contributed by atoms with van der Waals surface area (Å²) in [6.07, 6.45) is 2.37. The van der Waals surface area contributed by atoms with Gasteiger partial charge in [-0.3, -0.25) is 0 Å². The first-order valence-electron chi connectivity index (χ1n) is 11.3. The van der Waals surface area contributed by atoms with Crippen LogP contribution in [0.5, 0.6) is 0 Å². The highest BCUT2D eigenvalue weighted by Crippen LogP contribution is 2.53. The van der Waals surface area contributed by atoms with Gasteiger partial charge in [-0.15, -0.1) is 0 Å². The molecule has 0 bridgehead atoms. The Morgan fingerprint density at radius 2 is 0.871 bits per heavy atom. The smallest absolute Gasteiger partial charge is 0.0491 e. The van der Waals surface area contributed by atoms with E-state index in [0.717, 1.165) is 6.54 Å². The molecule has 1 heterocycles. The summed E-state index contributed by atoms with van der Waals surface area (Å²) in [5.41, 5.74) is 13.4. The average molecular weight is 400 g/mol. The number of anilines is 2. The van der Waals surface area contributed by atoms with Gasteiger partial charge in [-0.05, 0) is 46.4 Å². The molecule has 31 heavy (non-hydrogen) atoms. The van der Waals surface area contributed by atoms with Gasteiger partial charge >= 0.3 is 0 Å². The molecule has 4 aromatic carbocycles. The monoisotopic (exact) mass is 399 g/mol. The second-order valence-corrected chi connectivity index (χ2v) is 8.38. The largest absolute Gasteiger partial charge is 0.340 e. The summed E-state index contributed by atoms with van der Waals surface area (Å²) in [6, 6.07) is 35.6. The number of rotatable bonds is 3. The third-order valence-electron chi connectivity index (χ3n) is 6.60. The van der Waals surface area contributed by atoms with E-state index in [0.29, 0.717) is 0 Å². The first-order valence-corrected chi connectivity index (χ1v) is 11.3. The van der Waals surface area contributed by atoms with Crippen LogP contribution in [0.2, 0.25) is 0 Å². The third-order valence-corrected chi connectivity index (χ3v) is 6.60. The van der Waals surface area contributed by atoms with Crippen LogP contribution in [0.3, 0.4) is 0 Å². The highest BCUT2D eigenvalue weighted by molar-refractivity contribution is 6.17. The first kappa shape index (κ1) is 18.2. The lowest BCUT2D eigenvalue weighted by Gasteiger charge is -2.35.